The van der Waals surface area contributed by atoms with Gasteiger partial charge in [0.1, 0.15) is 6.61 Å². The zero-order chi connectivity index (χ0) is 26.0. The molecule has 2 aliphatic rings. The van der Waals surface area contributed by atoms with Crippen molar-refractivity contribution in [3.8, 4) is 11.1 Å². The lowest BCUT2D eigenvalue weighted by molar-refractivity contribution is -0.137. The van der Waals surface area contributed by atoms with Gasteiger partial charge >= 0.3 is 12.3 Å². The lowest BCUT2D eigenvalue weighted by Crippen LogP contribution is -2.47. The highest BCUT2D eigenvalue weighted by molar-refractivity contribution is 5.72. The standard InChI is InChI=1S/C29H30F3N3O2/c1-18-25(21-9-5-6-10-21)34-24-15-22(20-11-13-23(14-12-20)29(30,31)32)16-33-27(24)26(18)35-28(36)37-17-19-7-3-2-4-8-19/h2-4,7-8,11-16,18,21,25-26,34H,5-6,9-10,17H2,1H3,(H,35,36)/t18-,25+,26+/m0/s1. The normalized spacial score (nSPS) is 21.7. The molecule has 0 spiro atoms. The van der Waals surface area contributed by atoms with Gasteiger partial charge in [-0.15, -0.1) is 0 Å². The molecule has 1 fully saturated rings. The predicted octanol–water partition coefficient (Wildman–Crippen LogP) is 7.36. The van der Waals surface area contributed by atoms with Crippen LogP contribution in [0, 0.1) is 11.8 Å². The van der Waals surface area contributed by atoms with Gasteiger partial charge in [0.2, 0.25) is 0 Å². The van der Waals surface area contributed by atoms with Crippen LogP contribution in [0.25, 0.3) is 11.1 Å². The van der Waals surface area contributed by atoms with E-state index in [0.29, 0.717) is 22.7 Å². The lowest BCUT2D eigenvalue weighted by atomic mass is 9.79. The maximum absolute atomic E-state index is 13.0. The Hall–Kier alpha value is -3.55. The van der Waals surface area contributed by atoms with Crippen LogP contribution < -0.4 is 10.6 Å². The summed E-state index contributed by atoms with van der Waals surface area (Å²) in [6.45, 7) is 2.29. The van der Waals surface area contributed by atoms with Crippen LogP contribution >= 0.6 is 0 Å². The number of alkyl halides is 3. The molecule has 0 saturated heterocycles. The van der Waals surface area contributed by atoms with Crippen molar-refractivity contribution in [3.63, 3.8) is 0 Å². The highest BCUT2D eigenvalue weighted by Gasteiger charge is 2.40. The molecule has 0 radical (unpaired) electrons. The number of carbonyl (C=O) groups is 1. The first-order chi connectivity index (χ1) is 17.8. The Kier molecular flexibility index (Phi) is 7.09. The van der Waals surface area contributed by atoms with Gasteiger partial charge in [0.25, 0.3) is 0 Å². The predicted molar refractivity (Wildman–Crippen MR) is 136 cm³/mol. The fourth-order valence-corrected chi connectivity index (χ4v) is 5.57. The number of anilines is 1. The molecular formula is C29H30F3N3O2. The molecule has 5 nitrogen and oxygen atoms in total. The van der Waals surface area contributed by atoms with Crippen LogP contribution in [0.3, 0.4) is 0 Å². The van der Waals surface area contributed by atoms with Crippen molar-refractivity contribution in [2.75, 3.05) is 5.32 Å². The van der Waals surface area contributed by atoms with Gasteiger partial charge in [-0.25, -0.2) is 4.79 Å². The first kappa shape index (κ1) is 25.1. The zero-order valence-corrected chi connectivity index (χ0v) is 20.6. The third kappa shape index (κ3) is 5.58. The molecule has 1 amide bonds. The second-order valence-corrected chi connectivity index (χ2v) is 9.99. The van der Waals surface area contributed by atoms with E-state index >= 15 is 0 Å². The Morgan fingerprint density at radius 1 is 1.05 bits per heavy atom. The minimum atomic E-state index is -4.38. The van der Waals surface area contributed by atoms with Gasteiger partial charge in [-0.3, -0.25) is 4.98 Å². The number of carbonyl (C=O) groups excluding carboxylic acids is 1. The third-order valence-electron chi connectivity index (χ3n) is 7.57. The third-order valence-corrected chi connectivity index (χ3v) is 7.57. The molecule has 1 aromatic heterocycles. The smallest absolute Gasteiger partial charge is 0.416 e. The molecular weight excluding hydrogens is 479 g/mol. The number of amides is 1. The van der Waals surface area contributed by atoms with Crippen molar-refractivity contribution in [2.24, 2.45) is 11.8 Å². The minimum absolute atomic E-state index is 0.0734. The molecule has 2 heterocycles. The number of benzene rings is 2. The number of hydrogen-bond acceptors (Lipinski definition) is 4. The van der Waals surface area contributed by atoms with Crippen LogP contribution in [0.4, 0.5) is 23.7 Å². The number of halogens is 3. The van der Waals surface area contributed by atoms with Crippen LogP contribution in [0.2, 0.25) is 0 Å². The van der Waals surface area contributed by atoms with Crippen molar-refractivity contribution < 1.29 is 22.7 Å². The minimum Gasteiger partial charge on any atom is -0.445 e. The number of nitrogens with zero attached hydrogens (tertiary/aromatic N) is 1. The van der Waals surface area contributed by atoms with E-state index in [1.165, 1.54) is 25.0 Å². The van der Waals surface area contributed by atoms with Gasteiger partial charge in [-0.1, -0.05) is 62.2 Å². The number of alkyl carbamates (subject to hydrolysis) is 1. The van der Waals surface area contributed by atoms with Gasteiger partial charge in [0.05, 0.1) is 23.0 Å². The van der Waals surface area contributed by atoms with E-state index in [0.717, 1.165) is 36.2 Å². The van der Waals surface area contributed by atoms with Crippen LogP contribution in [0.15, 0.2) is 66.9 Å². The highest BCUT2D eigenvalue weighted by atomic mass is 19.4. The van der Waals surface area contributed by atoms with Crippen molar-refractivity contribution in [3.05, 3.63) is 83.7 Å². The van der Waals surface area contributed by atoms with E-state index in [1.54, 1.807) is 6.20 Å². The molecule has 3 atom stereocenters. The van der Waals surface area contributed by atoms with E-state index in [-0.39, 0.29) is 24.6 Å². The second kappa shape index (κ2) is 10.4. The Morgan fingerprint density at radius 2 is 1.76 bits per heavy atom. The van der Waals surface area contributed by atoms with E-state index < -0.39 is 17.8 Å². The first-order valence-corrected chi connectivity index (χ1v) is 12.7. The molecule has 8 heteroatoms. The Labute approximate surface area is 214 Å². The summed E-state index contributed by atoms with van der Waals surface area (Å²) < 4.78 is 44.5. The molecule has 1 aliphatic heterocycles. The second-order valence-electron chi connectivity index (χ2n) is 9.99. The Bertz CT molecular complexity index is 1230. The maximum Gasteiger partial charge on any atom is 0.416 e. The van der Waals surface area contributed by atoms with Crippen molar-refractivity contribution in [1.29, 1.82) is 0 Å². The summed E-state index contributed by atoms with van der Waals surface area (Å²) in [5, 5.41) is 6.70. The Morgan fingerprint density at radius 3 is 2.43 bits per heavy atom. The molecule has 2 N–H and O–H groups in total. The summed E-state index contributed by atoms with van der Waals surface area (Å²) in [6.07, 6.45) is 1.37. The number of nitrogens with one attached hydrogen (secondary N) is 2. The first-order valence-electron chi connectivity index (χ1n) is 12.7. The van der Waals surface area contributed by atoms with E-state index in [9.17, 15) is 18.0 Å². The summed E-state index contributed by atoms with van der Waals surface area (Å²) in [7, 11) is 0. The average Bonchev–Trinajstić information content (AvgIpc) is 3.44. The summed E-state index contributed by atoms with van der Waals surface area (Å²) in [6, 6.07) is 16.3. The van der Waals surface area contributed by atoms with E-state index in [2.05, 4.69) is 22.5 Å². The van der Waals surface area contributed by atoms with Gasteiger partial charge < -0.3 is 15.4 Å². The lowest BCUT2D eigenvalue weighted by Gasteiger charge is -2.41. The number of ether oxygens (including phenoxy) is 1. The SMILES string of the molecule is C[C@@H]1[C@@H](NC(=O)OCc2ccccc2)c2ncc(-c3ccc(C(F)(F)F)cc3)cc2N[C@H]1C1CCCC1. The quantitative estimate of drug-likeness (QED) is 0.377. The van der Waals surface area contributed by atoms with E-state index in [4.69, 9.17) is 4.74 Å². The number of fused-ring (bicyclic) bond motifs is 1. The van der Waals surface area contributed by atoms with Crippen LogP contribution in [0.1, 0.15) is 55.5 Å². The molecule has 194 valence electrons. The van der Waals surface area contributed by atoms with Crippen molar-refractivity contribution in [1.82, 2.24) is 10.3 Å². The molecule has 3 aromatic rings. The monoisotopic (exact) mass is 509 g/mol. The fourth-order valence-electron chi connectivity index (χ4n) is 5.57. The van der Waals surface area contributed by atoms with Gasteiger partial charge in [0, 0.05) is 23.7 Å². The summed E-state index contributed by atoms with van der Waals surface area (Å²) in [4.78, 5) is 17.5. The van der Waals surface area contributed by atoms with Crippen LogP contribution in [-0.2, 0) is 17.5 Å². The molecule has 5 rings (SSSR count). The van der Waals surface area contributed by atoms with Gasteiger partial charge in [-0.2, -0.15) is 13.2 Å². The molecule has 1 aliphatic carbocycles. The maximum atomic E-state index is 13.0. The average molecular weight is 510 g/mol. The number of aromatic nitrogens is 1. The molecule has 0 bridgehead atoms. The largest absolute Gasteiger partial charge is 0.445 e. The summed E-state index contributed by atoms with van der Waals surface area (Å²) >= 11 is 0. The summed E-state index contributed by atoms with van der Waals surface area (Å²) in [5.74, 6) is 0.548. The van der Waals surface area contributed by atoms with Crippen LogP contribution in [-0.4, -0.2) is 17.1 Å². The Balaban J connectivity index is 1.40. The van der Waals surface area contributed by atoms with E-state index in [1.807, 2.05) is 36.4 Å². The number of rotatable bonds is 5. The molecule has 37 heavy (non-hydrogen) atoms. The van der Waals surface area contributed by atoms with Crippen LogP contribution in [0.5, 0.6) is 0 Å². The van der Waals surface area contributed by atoms with Crippen molar-refractivity contribution in [2.45, 2.75) is 57.5 Å². The molecule has 1 saturated carbocycles. The van der Waals surface area contributed by atoms with Gasteiger partial charge in [-0.05, 0) is 48.1 Å². The number of pyridine rings is 1. The summed E-state index contributed by atoms with van der Waals surface area (Å²) in [5.41, 5.74) is 3.07. The molecule has 2 aromatic carbocycles. The zero-order valence-electron chi connectivity index (χ0n) is 20.6. The fraction of sp³-hybridized carbons (Fsp3) is 0.379. The number of hydrogen-bond donors (Lipinski definition) is 2. The topological polar surface area (TPSA) is 63.2 Å². The van der Waals surface area contributed by atoms with Gasteiger partial charge in [0.15, 0.2) is 0 Å². The highest BCUT2D eigenvalue weighted by Crippen LogP contribution is 2.43. The van der Waals surface area contributed by atoms with Crippen molar-refractivity contribution >= 4 is 11.8 Å². The molecule has 0 unspecified atom stereocenters.